The quantitative estimate of drug-likeness (QED) is 0.423. The summed E-state index contributed by atoms with van der Waals surface area (Å²) in [6.07, 6.45) is 3.36. The summed E-state index contributed by atoms with van der Waals surface area (Å²) in [5.74, 6) is -1.38. The van der Waals surface area contributed by atoms with Crippen LogP contribution in [0.15, 0.2) is 36.5 Å². The molecule has 6 heteroatoms. The van der Waals surface area contributed by atoms with Crippen molar-refractivity contribution in [3.05, 3.63) is 41.8 Å². The van der Waals surface area contributed by atoms with Gasteiger partial charge < -0.3 is 10.1 Å². The molecule has 138 valence electrons. The average Bonchev–Trinajstić information content (AvgIpc) is 2.63. The molecule has 0 radical (unpaired) electrons. The van der Waals surface area contributed by atoms with Crippen LogP contribution >= 0.6 is 0 Å². The molecule has 1 heterocycles. The van der Waals surface area contributed by atoms with Crippen molar-refractivity contribution in [2.24, 2.45) is 0 Å². The van der Waals surface area contributed by atoms with E-state index in [9.17, 15) is 14.4 Å². The smallest absolute Gasteiger partial charge is 0.639 e. The number of carbonyl (C=O) groups is 3. The minimum Gasteiger partial charge on any atom is -0.639 e. The Bertz CT molecular complexity index is 458. The maximum absolute atomic E-state index is 11.9. The average molecular weight is 423 g/mol. The predicted molar refractivity (Wildman–Crippen MR) is 102 cm³/mol. The Balaban J connectivity index is -0.000000284. The van der Waals surface area contributed by atoms with E-state index in [1.165, 1.54) is 12.2 Å². The molecule has 5 nitrogen and oxygen atoms in total. The zero-order valence-electron chi connectivity index (χ0n) is 17.2. The standard InChI is InChI=1S/C13H16N2O3.3C2H6.Rb/c1-4-8(3)9(5-2)12(17)14-10-6-7-11(16)15-13(10)18;3*1-2;/h4-5,10H,1-2,6-7H2,3H3,(H2,14,15,16,17,18);3*1-2H3;/q;;;;+1/p-1/b9-8+;;;;. The number of rotatable bonds is 4. The number of hydrogen-bond donors (Lipinski definition) is 1. The summed E-state index contributed by atoms with van der Waals surface area (Å²) < 4.78 is 0. The minimum atomic E-state index is -0.803. The maximum Gasteiger partial charge on any atom is 1.00 e. The Morgan fingerprint density at radius 3 is 1.92 bits per heavy atom. The van der Waals surface area contributed by atoms with Crippen LogP contribution in [0.25, 0.3) is 5.32 Å². The van der Waals surface area contributed by atoms with Crippen LogP contribution in [0.5, 0.6) is 0 Å². The van der Waals surface area contributed by atoms with Gasteiger partial charge in [-0.1, -0.05) is 66.9 Å². The topological polar surface area (TPSA) is 77.3 Å². The zero-order chi connectivity index (χ0) is 19.7. The number of nitrogens with one attached hydrogen (secondary N) is 1. The SMILES string of the molecule is C=C/C(C)=C(\C=C)C(=O)[N-]C1CCC(=O)NC1=O.CC.CC.CC.[Rb+]. The fourth-order valence-electron chi connectivity index (χ4n) is 1.54. The van der Waals surface area contributed by atoms with Crippen LogP contribution in [0.4, 0.5) is 0 Å². The Hall–Kier alpha value is -0.365. The summed E-state index contributed by atoms with van der Waals surface area (Å²) in [4.78, 5) is 34.3. The van der Waals surface area contributed by atoms with Crippen molar-refractivity contribution in [1.29, 1.82) is 0 Å². The molecular weight excluding hydrogens is 390 g/mol. The van der Waals surface area contributed by atoms with Crippen LogP contribution < -0.4 is 63.5 Å². The van der Waals surface area contributed by atoms with E-state index < -0.39 is 17.9 Å². The Labute approximate surface area is 202 Å². The van der Waals surface area contributed by atoms with E-state index >= 15 is 0 Å². The fourth-order valence-corrected chi connectivity index (χ4v) is 1.54. The van der Waals surface area contributed by atoms with Crippen molar-refractivity contribution < 1.29 is 72.6 Å². The Kier molecular flexibility index (Phi) is 28.0. The molecule has 1 N–H and O–H groups in total. The minimum absolute atomic E-state index is 0. The number of carbonyl (C=O) groups excluding carboxylic acids is 3. The summed E-state index contributed by atoms with van der Waals surface area (Å²) in [5.41, 5.74) is 0.959. The number of nitrogens with zero attached hydrogens (tertiary/aromatic N) is 1. The van der Waals surface area contributed by atoms with Gasteiger partial charge in [0.15, 0.2) is 0 Å². The fraction of sp³-hybridized carbons (Fsp3) is 0.526. The van der Waals surface area contributed by atoms with Crippen molar-refractivity contribution in [2.75, 3.05) is 0 Å². The maximum atomic E-state index is 11.9. The zero-order valence-corrected chi connectivity index (χ0v) is 22.1. The molecule has 0 saturated carbocycles. The third kappa shape index (κ3) is 13.5. The third-order valence-electron chi connectivity index (χ3n) is 2.65. The predicted octanol–water partition coefficient (Wildman–Crippen LogP) is 1.46. The number of piperidine rings is 1. The first kappa shape index (κ1) is 32.3. The molecule has 1 fully saturated rings. The van der Waals surface area contributed by atoms with Gasteiger partial charge in [-0.15, -0.1) is 0 Å². The molecule has 0 aromatic heterocycles. The van der Waals surface area contributed by atoms with Crippen molar-refractivity contribution >= 4 is 17.7 Å². The van der Waals surface area contributed by atoms with E-state index in [1.807, 2.05) is 41.5 Å². The number of amides is 3. The van der Waals surface area contributed by atoms with Gasteiger partial charge >= 0.3 is 58.2 Å². The molecule has 0 aromatic carbocycles. The summed E-state index contributed by atoms with van der Waals surface area (Å²) in [7, 11) is 0. The van der Waals surface area contributed by atoms with Gasteiger partial charge in [0.1, 0.15) is 0 Å². The van der Waals surface area contributed by atoms with Crippen LogP contribution in [-0.4, -0.2) is 23.8 Å². The molecule has 1 rings (SSSR count). The molecule has 0 aromatic rings. The molecule has 25 heavy (non-hydrogen) atoms. The largest absolute Gasteiger partial charge is 1.00 e. The van der Waals surface area contributed by atoms with Gasteiger partial charge in [0.05, 0.1) is 5.91 Å². The van der Waals surface area contributed by atoms with Crippen LogP contribution in [0.2, 0.25) is 0 Å². The van der Waals surface area contributed by atoms with Gasteiger partial charge in [0.2, 0.25) is 11.8 Å². The third-order valence-corrected chi connectivity index (χ3v) is 2.65. The van der Waals surface area contributed by atoms with Gasteiger partial charge in [-0.3, -0.25) is 14.9 Å². The van der Waals surface area contributed by atoms with Crippen molar-refractivity contribution in [3.63, 3.8) is 0 Å². The van der Waals surface area contributed by atoms with E-state index in [4.69, 9.17) is 0 Å². The van der Waals surface area contributed by atoms with E-state index in [2.05, 4.69) is 23.8 Å². The molecule has 0 spiro atoms. The van der Waals surface area contributed by atoms with Crippen molar-refractivity contribution in [1.82, 2.24) is 5.32 Å². The van der Waals surface area contributed by atoms with E-state index in [0.29, 0.717) is 11.1 Å². The monoisotopic (exact) mass is 422 g/mol. The molecule has 0 bridgehead atoms. The normalized spacial score (nSPS) is 15.6. The van der Waals surface area contributed by atoms with Crippen molar-refractivity contribution in [3.8, 4) is 0 Å². The second-order valence-electron chi connectivity index (χ2n) is 3.91. The van der Waals surface area contributed by atoms with Gasteiger partial charge in [0, 0.05) is 12.0 Å². The Morgan fingerprint density at radius 1 is 1.08 bits per heavy atom. The molecule has 1 unspecified atom stereocenters. The second-order valence-corrected chi connectivity index (χ2v) is 3.91. The Morgan fingerprint density at radius 2 is 1.56 bits per heavy atom. The molecule has 1 aliphatic heterocycles. The van der Waals surface area contributed by atoms with Crippen LogP contribution in [0.1, 0.15) is 61.3 Å². The first-order valence-electron chi connectivity index (χ1n) is 8.54. The first-order chi connectivity index (χ1) is 11.5. The van der Waals surface area contributed by atoms with Gasteiger partial charge in [-0.05, 0) is 25.0 Å². The summed E-state index contributed by atoms with van der Waals surface area (Å²) in [6.45, 7) is 20.8. The molecule has 3 amide bonds. The van der Waals surface area contributed by atoms with E-state index in [0.717, 1.165) is 0 Å². The van der Waals surface area contributed by atoms with E-state index in [-0.39, 0.29) is 76.9 Å². The first-order valence-corrected chi connectivity index (χ1v) is 8.54. The molecule has 1 saturated heterocycles. The summed E-state index contributed by atoms with van der Waals surface area (Å²) >= 11 is 0. The van der Waals surface area contributed by atoms with Crippen molar-refractivity contribution in [2.45, 2.75) is 67.3 Å². The number of hydrogen-bond acceptors (Lipinski definition) is 3. The second kappa shape index (κ2) is 21.7. The van der Waals surface area contributed by atoms with Gasteiger partial charge in [-0.2, -0.15) is 0 Å². The van der Waals surface area contributed by atoms with Gasteiger partial charge in [0.25, 0.3) is 0 Å². The van der Waals surface area contributed by atoms with Crippen LogP contribution in [0.3, 0.4) is 0 Å². The van der Waals surface area contributed by atoms with Crippen LogP contribution in [0, 0.1) is 0 Å². The van der Waals surface area contributed by atoms with E-state index in [1.54, 1.807) is 6.92 Å². The summed E-state index contributed by atoms with van der Waals surface area (Å²) in [5, 5.41) is 5.96. The van der Waals surface area contributed by atoms with Gasteiger partial charge in [-0.25, -0.2) is 0 Å². The van der Waals surface area contributed by atoms with Crippen LogP contribution in [-0.2, 0) is 14.4 Å². The number of allylic oxidation sites excluding steroid dienone is 2. The number of imide groups is 1. The summed E-state index contributed by atoms with van der Waals surface area (Å²) in [6, 6.07) is -0.803. The molecule has 1 aliphatic rings. The molecule has 0 aliphatic carbocycles. The molecular formula is C19H33N2O3Rb. The molecule has 1 atom stereocenters.